The lowest BCUT2D eigenvalue weighted by Gasteiger charge is -2.29. The molecule has 7 nitrogen and oxygen atoms in total. The Hall–Kier alpha value is -1.48. The number of hydrogen-bond acceptors (Lipinski definition) is 5. The van der Waals surface area contributed by atoms with E-state index in [1.165, 1.54) is 22.5 Å². The van der Waals surface area contributed by atoms with E-state index in [0.717, 1.165) is 12.5 Å². The smallest absolute Gasteiger partial charge is 0.232 e. The highest BCUT2D eigenvalue weighted by Crippen LogP contribution is 2.35. The summed E-state index contributed by atoms with van der Waals surface area (Å²) in [6.07, 6.45) is 2.15. The highest BCUT2D eigenvalue weighted by Gasteiger charge is 2.25. The van der Waals surface area contributed by atoms with Crippen LogP contribution in [0.3, 0.4) is 0 Å². The van der Waals surface area contributed by atoms with Gasteiger partial charge in [0.25, 0.3) is 0 Å². The maximum Gasteiger partial charge on any atom is 0.232 e. The molecule has 19 heavy (non-hydrogen) atoms. The molecule has 0 unspecified atom stereocenters. The first-order chi connectivity index (χ1) is 8.67. The number of ether oxygens (including phenoxy) is 1. The van der Waals surface area contributed by atoms with Crippen molar-refractivity contribution in [1.29, 1.82) is 0 Å². The topological polar surface area (TPSA) is 92.8 Å². The zero-order valence-corrected chi connectivity index (χ0v) is 12.1. The molecule has 0 bridgehead atoms. The largest absolute Gasteiger partial charge is 0.489 e. The zero-order chi connectivity index (χ0) is 14.3. The molecular weight excluding hydrogens is 292 g/mol. The second kappa shape index (κ2) is 4.57. The average molecular weight is 306 g/mol. The number of rotatable bonds is 3. The van der Waals surface area contributed by atoms with Crippen molar-refractivity contribution >= 4 is 31.4 Å². The summed E-state index contributed by atoms with van der Waals surface area (Å²) in [5.41, 5.74) is 0.740. The van der Waals surface area contributed by atoms with Crippen LogP contribution in [0.15, 0.2) is 18.2 Å². The second-order valence-electron chi connectivity index (χ2n) is 4.24. The fraction of sp³-hybridized carbons (Fsp3) is 0.400. The normalized spacial score (nSPS) is 15.6. The van der Waals surface area contributed by atoms with Crippen molar-refractivity contribution in [3.63, 3.8) is 0 Å². The highest BCUT2D eigenvalue weighted by atomic mass is 32.2. The SMILES string of the molecule is CS(=O)(=O)Nc1ccc2c(c1)OCCN2S(C)(=O)=O. The van der Waals surface area contributed by atoms with E-state index >= 15 is 0 Å². The van der Waals surface area contributed by atoms with Crippen LogP contribution in [0, 0.1) is 0 Å². The maximum absolute atomic E-state index is 11.6. The molecule has 0 atom stereocenters. The monoisotopic (exact) mass is 306 g/mol. The third-order valence-electron chi connectivity index (χ3n) is 2.48. The van der Waals surface area contributed by atoms with E-state index in [4.69, 9.17) is 4.74 Å². The molecule has 1 heterocycles. The van der Waals surface area contributed by atoms with Gasteiger partial charge in [-0.1, -0.05) is 0 Å². The Labute approximate surface area is 112 Å². The van der Waals surface area contributed by atoms with Crippen LogP contribution in [0.2, 0.25) is 0 Å². The summed E-state index contributed by atoms with van der Waals surface area (Å²) in [6.45, 7) is 0.465. The van der Waals surface area contributed by atoms with Gasteiger partial charge in [-0.3, -0.25) is 9.03 Å². The predicted octanol–water partition coefficient (Wildman–Crippen LogP) is 0.217. The van der Waals surface area contributed by atoms with Gasteiger partial charge in [-0.15, -0.1) is 0 Å². The molecule has 0 aromatic heterocycles. The van der Waals surface area contributed by atoms with Gasteiger partial charge in [0.1, 0.15) is 12.4 Å². The summed E-state index contributed by atoms with van der Waals surface area (Å²) in [7, 11) is -6.76. The van der Waals surface area contributed by atoms with E-state index in [0.29, 0.717) is 17.1 Å². The molecule has 0 radical (unpaired) electrons. The van der Waals surface area contributed by atoms with Crippen LogP contribution < -0.4 is 13.8 Å². The van der Waals surface area contributed by atoms with Gasteiger partial charge in [0, 0.05) is 6.07 Å². The highest BCUT2D eigenvalue weighted by molar-refractivity contribution is 7.92. The summed E-state index contributed by atoms with van der Waals surface area (Å²) < 4.78 is 54.4. The van der Waals surface area contributed by atoms with Crippen LogP contribution in [0.25, 0.3) is 0 Å². The van der Waals surface area contributed by atoms with Crippen molar-refractivity contribution in [3.05, 3.63) is 18.2 Å². The molecule has 1 aromatic rings. The van der Waals surface area contributed by atoms with Crippen LogP contribution in [0.5, 0.6) is 5.75 Å². The predicted molar refractivity (Wildman–Crippen MR) is 72.6 cm³/mol. The lowest BCUT2D eigenvalue weighted by Crippen LogP contribution is -2.37. The number of nitrogens with one attached hydrogen (secondary N) is 1. The molecule has 1 N–H and O–H groups in total. The van der Waals surface area contributed by atoms with Gasteiger partial charge in [-0.25, -0.2) is 16.8 Å². The molecule has 0 spiro atoms. The lowest BCUT2D eigenvalue weighted by atomic mass is 10.2. The molecule has 106 valence electrons. The van der Waals surface area contributed by atoms with Gasteiger partial charge >= 0.3 is 0 Å². The van der Waals surface area contributed by atoms with Gasteiger partial charge in [0.05, 0.1) is 30.4 Å². The Balaban J connectivity index is 2.42. The molecular formula is C10H14N2O5S2. The van der Waals surface area contributed by atoms with E-state index in [-0.39, 0.29) is 13.2 Å². The molecule has 0 fully saturated rings. The Morgan fingerprint density at radius 2 is 1.89 bits per heavy atom. The molecule has 0 aliphatic carbocycles. The standard InChI is InChI=1S/C10H14N2O5S2/c1-18(13,14)11-8-3-4-9-10(7-8)17-6-5-12(9)19(2,15)16/h3-4,7,11H,5-6H2,1-2H3. The molecule has 1 aliphatic heterocycles. The summed E-state index contributed by atoms with van der Waals surface area (Å²) in [6, 6.07) is 4.48. The fourth-order valence-corrected chi connectivity index (χ4v) is 3.29. The van der Waals surface area contributed by atoms with E-state index < -0.39 is 20.0 Å². The number of nitrogens with zero attached hydrogens (tertiary/aromatic N) is 1. The van der Waals surface area contributed by atoms with Crippen LogP contribution in [-0.4, -0.2) is 42.5 Å². The van der Waals surface area contributed by atoms with Gasteiger partial charge in [-0.05, 0) is 12.1 Å². The number of anilines is 2. The Morgan fingerprint density at radius 3 is 2.47 bits per heavy atom. The number of sulfonamides is 2. The van der Waals surface area contributed by atoms with Crippen LogP contribution >= 0.6 is 0 Å². The van der Waals surface area contributed by atoms with Crippen molar-refractivity contribution in [2.75, 3.05) is 34.7 Å². The van der Waals surface area contributed by atoms with E-state index in [1.54, 1.807) is 0 Å². The quantitative estimate of drug-likeness (QED) is 0.862. The van der Waals surface area contributed by atoms with Crippen molar-refractivity contribution in [2.24, 2.45) is 0 Å². The zero-order valence-electron chi connectivity index (χ0n) is 10.5. The van der Waals surface area contributed by atoms with Crippen molar-refractivity contribution in [2.45, 2.75) is 0 Å². The first-order valence-corrected chi connectivity index (χ1v) is 9.13. The Bertz CT molecular complexity index is 697. The Morgan fingerprint density at radius 1 is 1.21 bits per heavy atom. The van der Waals surface area contributed by atoms with Gasteiger partial charge < -0.3 is 4.74 Å². The molecule has 0 saturated heterocycles. The molecule has 0 saturated carbocycles. The van der Waals surface area contributed by atoms with Crippen LogP contribution in [0.4, 0.5) is 11.4 Å². The summed E-state index contributed by atoms with van der Waals surface area (Å²) in [5, 5.41) is 0. The average Bonchev–Trinajstić information content (AvgIpc) is 2.24. The number of fused-ring (bicyclic) bond motifs is 1. The first-order valence-electron chi connectivity index (χ1n) is 5.39. The molecule has 1 aliphatic rings. The van der Waals surface area contributed by atoms with E-state index in [9.17, 15) is 16.8 Å². The summed E-state index contributed by atoms with van der Waals surface area (Å²) >= 11 is 0. The molecule has 1 aromatic carbocycles. The minimum Gasteiger partial charge on any atom is -0.489 e. The van der Waals surface area contributed by atoms with Crippen molar-refractivity contribution in [1.82, 2.24) is 0 Å². The van der Waals surface area contributed by atoms with E-state index in [2.05, 4.69) is 4.72 Å². The van der Waals surface area contributed by atoms with Gasteiger partial charge in [-0.2, -0.15) is 0 Å². The minimum absolute atomic E-state index is 0.225. The van der Waals surface area contributed by atoms with Crippen LogP contribution in [-0.2, 0) is 20.0 Å². The number of hydrogen-bond donors (Lipinski definition) is 1. The fourth-order valence-electron chi connectivity index (χ4n) is 1.82. The third-order valence-corrected chi connectivity index (χ3v) is 4.27. The van der Waals surface area contributed by atoms with Gasteiger partial charge in [0.2, 0.25) is 20.0 Å². The summed E-state index contributed by atoms with van der Waals surface area (Å²) in [4.78, 5) is 0. The molecule has 2 rings (SSSR count). The van der Waals surface area contributed by atoms with Gasteiger partial charge in [0.15, 0.2) is 0 Å². The maximum atomic E-state index is 11.6. The minimum atomic E-state index is -3.38. The number of benzene rings is 1. The third kappa shape index (κ3) is 3.29. The molecule has 9 heteroatoms. The van der Waals surface area contributed by atoms with Crippen molar-refractivity contribution in [3.8, 4) is 5.75 Å². The second-order valence-corrected chi connectivity index (χ2v) is 7.90. The Kier molecular flexibility index (Phi) is 3.35. The van der Waals surface area contributed by atoms with E-state index in [1.807, 2.05) is 0 Å². The van der Waals surface area contributed by atoms with Crippen molar-refractivity contribution < 1.29 is 21.6 Å². The van der Waals surface area contributed by atoms with Crippen LogP contribution in [0.1, 0.15) is 0 Å². The first kappa shape index (κ1) is 13.9. The lowest BCUT2D eigenvalue weighted by molar-refractivity contribution is 0.316. The summed E-state index contributed by atoms with van der Waals surface area (Å²) in [5.74, 6) is 0.338. The molecule has 0 amide bonds.